The number of amides is 1. The minimum atomic E-state index is -1.79. The average molecular weight is 1340 g/mol. The number of hydrogen-bond donors (Lipinski definition) is 9. The predicted octanol–water partition coefficient (Wildman–Crippen LogP) is 18.0. The van der Waals surface area contributed by atoms with E-state index in [9.17, 15) is 45.6 Å². The van der Waals surface area contributed by atoms with E-state index in [1.807, 2.05) is 6.08 Å². The Labute approximate surface area is 576 Å². The molecule has 12 unspecified atom stereocenters. The van der Waals surface area contributed by atoms with Gasteiger partial charge < -0.3 is 65.1 Å². The van der Waals surface area contributed by atoms with Crippen LogP contribution in [0.1, 0.15) is 373 Å². The number of aliphatic hydroxyl groups excluding tert-OH is 8. The maximum absolute atomic E-state index is 13.4. The Morgan fingerprint density at radius 1 is 0.372 bits per heavy atom. The van der Waals surface area contributed by atoms with Gasteiger partial charge in [-0.25, -0.2) is 0 Å². The normalized spacial score (nSPS) is 22.6. The molecule has 0 radical (unpaired) electrons. The van der Waals surface area contributed by atoms with Gasteiger partial charge in [0, 0.05) is 6.42 Å². The summed E-state index contributed by atoms with van der Waals surface area (Å²) >= 11 is 0. The van der Waals surface area contributed by atoms with E-state index in [0.29, 0.717) is 12.8 Å². The molecule has 0 aromatic rings. The lowest BCUT2D eigenvalue weighted by molar-refractivity contribution is -0.359. The Hall–Kier alpha value is -1.79. The Bertz CT molecular complexity index is 1720. The van der Waals surface area contributed by atoms with Gasteiger partial charge in [-0.15, -0.1) is 0 Å². The molecule has 2 rings (SSSR count). The third-order valence-corrected chi connectivity index (χ3v) is 19.8. The SMILES string of the molecule is CCCCCCCCCCCCCCC/C=C/CC/C=C/CC/C=C/C(O)C(COC1OC(CO)C(OC2OC(CO)C(O)C(O)C2O)C(O)C1O)NC(=O)CCCCCCCCCCCCCCCCCCCCCCCCCCCCCCCCCCCCCCC. The van der Waals surface area contributed by atoms with Crippen LogP contribution in [0.2, 0.25) is 0 Å². The number of carbonyl (C=O) groups is 1. The Balaban J connectivity index is 1.60. The molecule has 0 aliphatic carbocycles. The van der Waals surface area contributed by atoms with Crippen molar-refractivity contribution in [2.45, 2.75) is 447 Å². The second kappa shape index (κ2) is 64.6. The molecule has 12 atom stereocenters. The molecular weight excluding hydrogens is 1180 g/mol. The van der Waals surface area contributed by atoms with Crippen molar-refractivity contribution in [1.82, 2.24) is 5.32 Å². The van der Waals surface area contributed by atoms with E-state index in [4.69, 9.17) is 18.9 Å². The summed E-state index contributed by atoms with van der Waals surface area (Å²) in [4.78, 5) is 13.4. The molecule has 0 saturated carbocycles. The molecule has 0 aromatic heterocycles. The van der Waals surface area contributed by atoms with Gasteiger partial charge in [-0.05, 0) is 44.9 Å². The molecule has 94 heavy (non-hydrogen) atoms. The van der Waals surface area contributed by atoms with Crippen LogP contribution in [-0.4, -0.2) is 140 Å². The quantitative estimate of drug-likeness (QED) is 0.0204. The molecule has 14 nitrogen and oxygen atoms in total. The number of nitrogens with one attached hydrogen (secondary N) is 1. The van der Waals surface area contributed by atoms with Crippen LogP contribution < -0.4 is 5.32 Å². The van der Waals surface area contributed by atoms with Crippen LogP contribution in [0.25, 0.3) is 0 Å². The molecule has 2 fully saturated rings. The second-order valence-electron chi connectivity index (χ2n) is 28.5. The second-order valence-corrected chi connectivity index (χ2v) is 28.5. The number of aliphatic hydroxyl groups is 8. The lowest BCUT2D eigenvalue weighted by Gasteiger charge is -2.46. The molecule has 0 spiro atoms. The lowest BCUT2D eigenvalue weighted by Crippen LogP contribution is -2.65. The molecule has 2 aliphatic rings. The van der Waals surface area contributed by atoms with Crippen LogP contribution in [0, 0.1) is 0 Å². The van der Waals surface area contributed by atoms with Gasteiger partial charge in [0.15, 0.2) is 12.6 Å². The molecule has 1 amide bonds. The number of ether oxygens (including phenoxy) is 4. The third-order valence-electron chi connectivity index (χ3n) is 19.8. The summed E-state index contributed by atoms with van der Waals surface area (Å²) in [5, 5.41) is 87.6. The molecule has 0 aromatic carbocycles. The number of hydrogen-bond acceptors (Lipinski definition) is 13. The topological polar surface area (TPSA) is 228 Å². The largest absolute Gasteiger partial charge is 0.394 e. The zero-order valence-electron chi connectivity index (χ0n) is 60.7. The van der Waals surface area contributed by atoms with Crippen molar-refractivity contribution in [3.8, 4) is 0 Å². The van der Waals surface area contributed by atoms with Crippen molar-refractivity contribution >= 4 is 5.91 Å². The highest BCUT2D eigenvalue weighted by molar-refractivity contribution is 5.76. The summed E-state index contributed by atoms with van der Waals surface area (Å²) in [6.45, 7) is 2.84. The summed E-state index contributed by atoms with van der Waals surface area (Å²) in [6, 6.07) is -0.938. The fourth-order valence-electron chi connectivity index (χ4n) is 13.4. The molecule has 2 heterocycles. The summed E-state index contributed by atoms with van der Waals surface area (Å²) < 4.78 is 22.9. The van der Waals surface area contributed by atoms with E-state index in [2.05, 4.69) is 43.5 Å². The van der Waals surface area contributed by atoms with E-state index in [1.165, 1.54) is 295 Å². The highest BCUT2D eigenvalue weighted by Crippen LogP contribution is 2.30. The fourth-order valence-corrected chi connectivity index (χ4v) is 13.4. The van der Waals surface area contributed by atoms with Crippen LogP contribution in [0.5, 0.6) is 0 Å². The summed E-state index contributed by atoms with van der Waals surface area (Å²) in [6.07, 6.45) is 68.2. The van der Waals surface area contributed by atoms with Gasteiger partial charge in [-0.2, -0.15) is 0 Å². The Kier molecular flexibility index (Phi) is 60.7. The van der Waals surface area contributed by atoms with Gasteiger partial charge in [-0.1, -0.05) is 359 Å². The first-order valence-electron chi connectivity index (χ1n) is 40.2. The summed E-state index contributed by atoms with van der Waals surface area (Å²) in [5.74, 6) is -0.245. The summed E-state index contributed by atoms with van der Waals surface area (Å²) in [5.41, 5.74) is 0. The minimum absolute atomic E-state index is 0.245. The van der Waals surface area contributed by atoms with Crippen molar-refractivity contribution in [3.63, 3.8) is 0 Å². The maximum Gasteiger partial charge on any atom is 0.220 e. The van der Waals surface area contributed by atoms with E-state index in [0.717, 1.165) is 44.9 Å². The van der Waals surface area contributed by atoms with Crippen molar-refractivity contribution in [2.24, 2.45) is 0 Å². The monoisotopic (exact) mass is 1330 g/mol. The van der Waals surface area contributed by atoms with Crippen LogP contribution >= 0.6 is 0 Å². The van der Waals surface area contributed by atoms with Gasteiger partial charge in [0.25, 0.3) is 0 Å². The smallest absolute Gasteiger partial charge is 0.220 e. The zero-order valence-corrected chi connectivity index (χ0v) is 60.7. The maximum atomic E-state index is 13.4. The number of rotatable bonds is 68. The van der Waals surface area contributed by atoms with E-state index < -0.39 is 86.8 Å². The Morgan fingerprint density at radius 3 is 1.04 bits per heavy atom. The van der Waals surface area contributed by atoms with Gasteiger partial charge in [0.1, 0.15) is 48.8 Å². The third kappa shape index (κ3) is 47.3. The Morgan fingerprint density at radius 2 is 0.681 bits per heavy atom. The zero-order chi connectivity index (χ0) is 68.0. The van der Waals surface area contributed by atoms with Gasteiger partial charge in [-0.3, -0.25) is 4.79 Å². The van der Waals surface area contributed by atoms with Gasteiger partial charge in [0.2, 0.25) is 5.91 Å². The van der Waals surface area contributed by atoms with Crippen molar-refractivity contribution in [1.29, 1.82) is 0 Å². The minimum Gasteiger partial charge on any atom is -0.394 e. The molecule has 14 heteroatoms. The van der Waals surface area contributed by atoms with E-state index in [1.54, 1.807) is 6.08 Å². The highest BCUT2D eigenvalue weighted by Gasteiger charge is 2.51. The predicted molar refractivity (Wildman–Crippen MR) is 388 cm³/mol. The van der Waals surface area contributed by atoms with Gasteiger partial charge >= 0.3 is 0 Å². The molecular formula is C80H151NO13. The molecule has 9 N–H and O–H groups in total. The number of allylic oxidation sites excluding steroid dienone is 5. The van der Waals surface area contributed by atoms with Crippen LogP contribution in [0.3, 0.4) is 0 Å². The molecule has 0 bridgehead atoms. The lowest BCUT2D eigenvalue weighted by atomic mass is 9.97. The van der Waals surface area contributed by atoms with Crippen molar-refractivity contribution in [2.75, 3.05) is 19.8 Å². The van der Waals surface area contributed by atoms with E-state index in [-0.39, 0.29) is 18.9 Å². The number of unbranched alkanes of at least 4 members (excludes halogenated alkanes) is 51. The van der Waals surface area contributed by atoms with Gasteiger partial charge in [0.05, 0.1) is 32.0 Å². The van der Waals surface area contributed by atoms with E-state index >= 15 is 0 Å². The molecule has 2 aliphatic heterocycles. The average Bonchev–Trinajstić information content (AvgIpc) is 0.794. The highest BCUT2D eigenvalue weighted by atomic mass is 16.7. The van der Waals surface area contributed by atoms with Crippen LogP contribution in [-0.2, 0) is 23.7 Å². The first-order chi connectivity index (χ1) is 46.1. The first kappa shape index (κ1) is 88.3. The fraction of sp³-hybridized carbons (Fsp3) is 0.912. The van der Waals surface area contributed by atoms with Crippen molar-refractivity contribution in [3.05, 3.63) is 36.5 Å². The molecule has 2 saturated heterocycles. The molecule has 554 valence electrons. The summed E-state index contributed by atoms with van der Waals surface area (Å²) in [7, 11) is 0. The van der Waals surface area contributed by atoms with Crippen LogP contribution in [0.4, 0.5) is 0 Å². The first-order valence-corrected chi connectivity index (χ1v) is 40.2. The standard InChI is InChI=1S/C80H151NO13/c1-3-5-7-9-11-13-15-17-19-21-23-25-27-28-29-30-31-32-33-34-35-36-37-38-39-40-42-44-46-48-50-52-54-56-58-60-62-64-72(85)81-68(67-91-79-77(90)75(88)78(71(66-83)93-79)94-80-76(89)74(87)73(86)70(65-82)92-80)69(84)63-61-59-57-55-53-51-49-47-45-43-41-26-24-22-20-18-16-14-12-10-8-6-4-2/h45,47,53,55,61,63,68-71,73-80,82-84,86-90H,3-44,46,48-52,54,56-60,62,64-67H2,1-2H3,(H,81,85)/b47-45+,55-53+,63-61+. The van der Waals surface area contributed by atoms with Crippen molar-refractivity contribution < 1.29 is 64.6 Å². The van der Waals surface area contributed by atoms with Crippen LogP contribution in [0.15, 0.2) is 36.5 Å². The number of carbonyl (C=O) groups excluding carboxylic acids is 1.